The molecule has 0 aliphatic heterocycles. The molecule has 0 atom stereocenters. The van der Waals surface area contributed by atoms with Gasteiger partial charge in [-0.2, -0.15) is 5.10 Å². The van der Waals surface area contributed by atoms with E-state index in [9.17, 15) is 8.78 Å². The Hall–Kier alpha value is -1.45. The highest BCUT2D eigenvalue weighted by atomic mass is 19.1. The molecule has 1 aromatic rings. The van der Waals surface area contributed by atoms with Crippen LogP contribution in [0.1, 0.15) is 18.9 Å². The van der Waals surface area contributed by atoms with Gasteiger partial charge in [-0.25, -0.2) is 8.78 Å². The number of rotatable bonds is 2. The van der Waals surface area contributed by atoms with Crippen LogP contribution in [0.4, 0.5) is 8.78 Å². The molecule has 4 heteroatoms. The first-order chi connectivity index (χ1) is 6.17. The molecule has 0 aliphatic carbocycles. The topological polar surface area (TPSA) is 38.4 Å². The Kier molecular flexibility index (Phi) is 2.95. The van der Waals surface area contributed by atoms with Gasteiger partial charge in [-0.1, -0.05) is 6.92 Å². The minimum atomic E-state index is -0.621. The van der Waals surface area contributed by atoms with E-state index in [1.165, 1.54) is 12.1 Å². The van der Waals surface area contributed by atoms with Crippen molar-refractivity contribution in [2.24, 2.45) is 10.9 Å². The first-order valence-corrected chi connectivity index (χ1v) is 3.90. The van der Waals surface area contributed by atoms with Gasteiger partial charge in [0.05, 0.1) is 5.71 Å². The maximum absolute atomic E-state index is 12.7. The molecule has 0 radical (unpaired) electrons. The van der Waals surface area contributed by atoms with Gasteiger partial charge in [-0.3, -0.25) is 0 Å². The number of nitrogens with zero attached hydrogens (tertiary/aromatic N) is 1. The summed E-state index contributed by atoms with van der Waals surface area (Å²) in [5, 5.41) is 3.44. The quantitative estimate of drug-likeness (QED) is 0.426. The van der Waals surface area contributed by atoms with Crippen LogP contribution in [-0.4, -0.2) is 5.71 Å². The molecule has 2 N–H and O–H groups in total. The van der Waals surface area contributed by atoms with Gasteiger partial charge in [-0.05, 0) is 18.6 Å². The second kappa shape index (κ2) is 3.98. The largest absolute Gasteiger partial charge is 0.323 e. The van der Waals surface area contributed by atoms with Crippen LogP contribution in [0.25, 0.3) is 0 Å². The molecule has 0 fully saturated rings. The van der Waals surface area contributed by atoms with Crippen LogP contribution in [0.2, 0.25) is 0 Å². The van der Waals surface area contributed by atoms with Crippen molar-refractivity contribution >= 4 is 5.71 Å². The Bertz CT molecular complexity index is 314. The van der Waals surface area contributed by atoms with E-state index in [0.717, 1.165) is 6.07 Å². The fourth-order valence-electron chi connectivity index (χ4n) is 1.09. The lowest BCUT2D eigenvalue weighted by Crippen LogP contribution is -2.03. The molecule has 0 aromatic heterocycles. The summed E-state index contributed by atoms with van der Waals surface area (Å²) in [7, 11) is 0. The fraction of sp³-hybridized carbons (Fsp3) is 0.222. The van der Waals surface area contributed by atoms with E-state index in [4.69, 9.17) is 5.84 Å². The third-order valence-electron chi connectivity index (χ3n) is 1.69. The van der Waals surface area contributed by atoms with Crippen molar-refractivity contribution < 1.29 is 8.78 Å². The van der Waals surface area contributed by atoms with Crippen LogP contribution in [0.3, 0.4) is 0 Å². The molecule has 0 saturated heterocycles. The Labute approximate surface area is 75.1 Å². The molecule has 0 spiro atoms. The zero-order chi connectivity index (χ0) is 9.84. The third-order valence-corrected chi connectivity index (χ3v) is 1.69. The third kappa shape index (κ3) is 2.24. The van der Waals surface area contributed by atoms with Gasteiger partial charge in [-0.15, -0.1) is 0 Å². The number of hydrogen-bond acceptors (Lipinski definition) is 2. The summed E-state index contributed by atoms with van der Waals surface area (Å²) in [6.07, 6.45) is 0.541. The SMILES string of the molecule is CCC(=NN)c1cc(F)cc(F)c1. The first kappa shape index (κ1) is 9.64. The van der Waals surface area contributed by atoms with Crippen LogP contribution in [0.15, 0.2) is 23.3 Å². The van der Waals surface area contributed by atoms with Crippen molar-refractivity contribution in [2.45, 2.75) is 13.3 Å². The molecular formula is C9H10F2N2. The maximum Gasteiger partial charge on any atom is 0.126 e. The van der Waals surface area contributed by atoms with Crippen LogP contribution in [0, 0.1) is 11.6 Å². The second-order valence-corrected chi connectivity index (χ2v) is 2.59. The van der Waals surface area contributed by atoms with E-state index < -0.39 is 11.6 Å². The van der Waals surface area contributed by atoms with Crippen LogP contribution in [0.5, 0.6) is 0 Å². The van der Waals surface area contributed by atoms with E-state index in [1.54, 1.807) is 0 Å². The summed E-state index contributed by atoms with van der Waals surface area (Å²) in [5.41, 5.74) is 0.876. The van der Waals surface area contributed by atoms with Gasteiger partial charge in [0, 0.05) is 11.6 Å². The number of halogens is 2. The highest BCUT2D eigenvalue weighted by Crippen LogP contribution is 2.10. The molecular weight excluding hydrogens is 174 g/mol. The van der Waals surface area contributed by atoms with Crippen LogP contribution >= 0.6 is 0 Å². The van der Waals surface area contributed by atoms with Crippen molar-refractivity contribution in [2.75, 3.05) is 0 Å². The van der Waals surface area contributed by atoms with Crippen molar-refractivity contribution in [3.05, 3.63) is 35.4 Å². The summed E-state index contributed by atoms with van der Waals surface area (Å²) in [4.78, 5) is 0. The highest BCUT2D eigenvalue weighted by Gasteiger charge is 2.04. The van der Waals surface area contributed by atoms with Crippen LogP contribution < -0.4 is 5.84 Å². The fourth-order valence-corrected chi connectivity index (χ4v) is 1.09. The van der Waals surface area contributed by atoms with Gasteiger partial charge in [0.15, 0.2) is 0 Å². The molecule has 1 rings (SSSR count). The Balaban J connectivity index is 3.14. The predicted molar refractivity (Wildman–Crippen MR) is 47.4 cm³/mol. The van der Waals surface area contributed by atoms with Gasteiger partial charge >= 0.3 is 0 Å². The molecule has 2 nitrogen and oxygen atoms in total. The lowest BCUT2D eigenvalue weighted by molar-refractivity contribution is 0.582. The van der Waals surface area contributed by atoms with E-state index in [1.807, 2.05) is 6.92 Å². The monoisotopic (exact) mass is 184 g/mol. The molecule has 0 unspecified atom stereocenters. The Morgan fingerprint density at radius 1 is 1.31 bits per heavy atom. The summed E-state index contributed by atoms with van der Waals surface area (Å²) in [5.74, 6) is 3.82. The molecule has 13 heavy (non-hydrogen) atoms. The molecule has 70 valence electrons. The van der Waals surface area contributed by atoms with Gasteiger partial charge in [0.25, 0.3) is 0 Å². The zero-order valence-electron chi connectivity index (χ0n) is 7.22. The van der Waals surface area contributed by atoms with Crippen molar-refractivity contribution in [1.29, 1.82) is 0 Å². The first-order valence-electron chi connectivity index (χ1n) is 3.90. The summed E-state index contributed by atoms with van der Waals surface area (Å²) >= 11 is 0. The zero-order valence-corrected chi connectivity index (χ0v) is 7.22. The van der Waals surface area contributed by atoms with E-state index in [-0.39, 0.29) is 0 Å². The average Bonchev–Trinajstić information content (AvgIpc) is 2.04. The van der Waals surface area contributed by atoms with Crippen molar-refractivity contribution in [1.82, 2.24) is 0 Å². The number of benzene rings is 1. The second-order valence-electron chi connectivity index (χ2n) is 2.59. The summed E-state index contributed by atoms with van der Waals surface area (Å²) in [6, 6.07) is 3.23. The highest BCUT2D eigenvalue weighted by molar-refractivity contribution is 6.00. The standard InChI is InChI=1S/C9H10F2N2/c1-2-9(13-12)6-3-7(10)5-8(11)4-6/h3-5H,2,12H2,1H3. The van der Waals surface area contributed by atoms with Gasteiger partial charge in [0.1, 0.15) is 11.6 Å². The lowest BCUT2D eigenvalue weighted by Gasteiger charge is -2.02. The number of hydrazone groups is 1. The average molecular weight is 184 g/mol. The number of nitrogens with two attached hydrogens (primary N) is 1. The minimum absolute atomic E-state index is 0.391. The summed E-state index contributed by atoms with van der Waals surface area (Å²) < 4.78 is 25.5. The van der Waals surface area contributed by atoms with Crippen molar-refractivity contribution in [3.8, 4) is 0 Å². The lowest BCUT2D eigenvalue weighted by atomic mass is 10.1. The number of hydrogen-bond donors (Lipinski definition) is 1. The van der Waals surface area contributed by atoms with E-state index in [0.29, 0.717) is 17.7 Å². The molecule has 0 saturated carbocycles. The van der Waals surface area contributed by atoms with Gasteiger partial charge in [0.2, 0.25) is 0 Å². The van der Waals surface area contributed by atoms with Gasteiger partial charge < -0.3 is 5.84 Å². The molecule has 0 aliphatic rings. The smallest absolute Gasteiger partial charge is 0.126 e. The minimum Gasteiger partial charge on any atom is -0.323 e. The maximum atomic E-state index is 12.7. The normalized spacial score (nSPS) is 11.8. The van der Waals surface area contributed by atoms with Crippen molar-refractivity contribution in [3.63, 3.8) is 0 Å². The molecule has 0 heterocycles. The van der Waals surface area contributed by atoms with E-state index >= 15 is 0 Å². The molecule has 1 aromatic carbocycles. The summed E-state index contributed by atoms with van der Waals surface area (Å²) in [6.45, 7) is 1.81. The Morgan fingerprint density at radius 2 is 1.85 bits per heavy atom. The predicted octanol–water partition coefficient (Wildman–Crippen LogP) is 2.04. The molecule has 0 amide bonds. The van der Waals surface area contributed by atoms with E-state index in [2.05, 4.69) is 5.10 Å². The molecule has 0 bridgehead atoms. The van der Waals surface area contributed by atoms with Crippen LogP contribution in [-0.2, 0) is 0 Å². The Morgan fingerprint density at radius 3 is 2.23 bits per heavy atom.